The lowest BCUT2D eigenvalue weighted by Gasteiger charge is -2.30. The highest BCUT2D eigenvalue weighted by molar-refractivity contribution is 5.98. The summed E-state index contributed by atoms with van der Waals surface area (Å²) in [4.78, 5) is 133. The first kappa shape index (κ1) is 62.6. The summed E-state index contributed by atoms with van der Waals surface area (Å²) in [5.41, 5.74) is 39.6. The number of likely N-dealkylation sites (tertiary alicyclic amines) is 1. The number of aliphatic hydroxyl groups is 1. The van der Waals surface area contributed by atoms with Crippen molar-refractivity contribution in [1.29, 1.82) is 0 Å². The molecule has 2 heterocycles. The number of nitrogens with two attached hydrogens (primary N) is 7. The largest absolute Gasteiger partial charge is 0.389 e. The number of guanidine groups is 1. The number of primary amides is 1. The standard InChI is InChI=1S/C44H81N19O10/c1-25(57-42(72)35(33(64)21-47)62-38(68)27(48)10-3-5-15-45)37(67)55-23-34(65)58-30(12-7-16-46)43(73)63-19-9-14-32(63)41(71)61-31(20-26-22-53-24-56-26)40(70)60-29(11-4-6-17-52-2)39(69)59-28(36(49)66)13-8-18-54-44(50)51/h22,24-25,27-33,35,52,64H,3-21,23,45-48H2,1-2H3,(H2,49,66)(H,53,56)(H,55,67)(H,57,72)(H,58,65)(H,59,69)(H,60,70)(H,61,71)(H,62,68)(H4,50,51,54)/t25-,27?,28+,29-,30+,31-,32-,33-,35-/m0/s1. The molecule has 9 amide bonds. The van der Waals surface area contributed by atoms with E-state index in [1.54, 1.807) is 7.05 Å². The number of amides is 9. The van der Waals surface area contributed by atoms with E-state index in [1.165, 1.54) is 24.3 Å². The lowest BCUT2D eigenvalue weighted by atomic mass is 10.0. The van der Waals surface area contributed by atoms with E-state index in [1.807, 2.05) is 0 Å². The third-order valence-corrected chi connectivity index (χ3v) is 11.9. The molecule has 412 valence electrons. The molecule has 1 unspecified atom stereocenters. The van der Waals surface area contributed by atoms with Gasteiger partial charge in [-0.05, 0) is 104 Å². The van der Waals surface area contributed by atoms with Crippen LogP contribution < -0.4 is 82.7 Å². The van der Waals surface area contributed by atoms with Crippen molar-refractivity contribution in [3.8, 4) is 0 Å². The summed E-state index contributed by atoms with van der Waals surface area (Å²) in [6.07, 6.45) is 5.36. The Labute approximate surface area is 424 Å². The monoisotopic (exact) mass is 1040 g/mol. The van der Waals surface area contributed by atoms with E-state index < -0.39 is 121 Å². The van der Waals surface area contributed by atoms with Gasteiger partial charge in [-0.3, -0.25) is 48.1 Å². The first-order valence-electron chi connectivity index (χ1n) is 24.7. The van der Waals surface area contributed by atoms with E-state index >= 15 is 0 Å². The van der Waals surface area contributed by atoms with Crippen LogP contribution in [-0.4, -0.2) is 186 Å². The Morgan fingerprint density at radius 1 is 0.767 bits per heavy atom. The summed E-state index contributed by atoms with van der Waals surface area (Å²) in [6.45, 7) is 1.74. The number of carbonyl (C=O) groups is 9. The minimum Gasteiger partial charge on any atom is -0.389 e. The van der Waals surface area contributed by atoms with Gasteiger partial charge in [-0.15, -0.1) is 0 Å². The molecular weight excluding hydrogens is 955 g/mol. The van der Waals surface area contributed by atoms with E-state index in [0.717, 1.165) is 0 Å². The lowest BCUT2D eigenvalue weighted by Crippen LogP contribution is -2.60. The van der Waals surface area contributed by atoms with Crippen molar-refractivity contribution in [3.63, 3.8) is 0 Å². The lowest BCUT2D eigenvalue weighted by molar-refractivity contribution is -0.142. The van der Waals surface area contributed by atoms with E-state index in [9.17, 15) is 48.3 Å². The van der Waals surface area contributed by atoms with E-state index in [2.05, 4.69) is 57.5 Å². The van der Waals surface area contributed by atoms with Crippen LogP contribution >= 0.6 is 0 Å². The molecule has 1 aromatic rings. The zero-order chi connectivity index (χ0) is 54.5. The van der Waals surface area contributed by atoms with Crippen molar-refractivity contribution in [3.05, 3.63) is 18.2 Å². The predicted molar refractivity (Wildman–Crippen MR) is 268 cm³/mol. The molecule has 24 N–H and O–H groups in total. The Morgan fingerprint density at radius 3 is 2.05 bits per heavy atom. The molecular formula is C44H81N19O10. The molecule has 1 saturated heterocycles. The number of H-pyrrole nitrogens is 1. The number of imidazole rings is 1. The zero-order valence-electron chi connectivity index (χ0n) is 42.0. The minimum absolute atomic E-state index is 0.0646. The average molecular weight is 1040 g/mol. The van der Waals surface area contributed by atoms with Gasteiger partial charge in [0.25, 0.3) is 0 Å². The molecule has 0 aromatic carbocycles. The maximum atomic E-state index is 14.2. The molecule has 1 aliphatic heterocycles. The van der Waals surface area contributed by atoms with Crippen molar-refractivity contribution in [1.82, 2.24) is 57.4 Å². The van der Waals surface area contributed by atoms with Gasteiger partial charge in [-0.25, -0.2) is 4.98 Å². The van der Waals surface area contributed by atoms with Crippen LogP contribution in [0.4, 0.5) is 0 Å². The second-order valence-electron chi connectivity index (χ2n) is 17.8. The molecule has 0 spiro atoms. The van der Waals surface area contributed by atoms with Gasteiger partial charge in [-0.2, -0.15) is 0 Å². The van der Waals surface area contributed by atoms with E-state index in [0.29, 0.717) is 57.3 Å². The van der Waals surface area contributed by atoms with Gasteiger partial charge < -0.3 is 97.7 Å². The van der Waals surface area contributed by atoms with Gasteiger partial charge in [0.1, 0.15) is 42.3 Å². The fraction of sp³-hybridized carbons (Fsp3) is 0.705. The van der Waals surface area contributed by atoms with Crippen molar-refractivity contribution in [2.24, 2.45) is 45.1 Å². The van der Waals surface area contributed by atoms with E-state index in [4.69, 9.17) is 40.1 Å². The highest BCUT2D eigenvalue weighted by Crippen LogP contribution is 2.20. The Hall–Kier alpha value is -6.53. The topological polar surface area (TPSA) is 497 Å². The quantitative estimate of drug-likeness (QED) is 0.0169. The van der Waals surface area contributed by atoms with Crippen molar-refractivity contribution in [2.45, 2.75) is 145 Å². The number of hydrogen-bond donors (Lipinski definition) is 17. The fourth-order valence-corrected chi connectivity index (χ4v) is 7.74. The molecule has 73 heavy (non-hydrogen) atoms. The zero-order valence-corrected chi connectivity index (χ0v) is 42.0. The highest BCUT2D eigenvalue weighted by Gasteiger charge is 2.40. The van der Waals surface area contributed by atoms with Gasteiger partial charge in [-0.1, -0.05) is 6.42 Å². The average Bonchev–Trinajstić information content (AvgIpc) is 4.08. The van der Waals surface area contributed by atoms with Gasteiger partial charge in [0.2, 0.25) is 53.2 Å². The Balaban J connectivity index is 2.20. The molecule has 29 heteroatoms. The number of nitrogens with zero attached hydrogens (tertiary/aromatic N) is 3. The number of carbonyl (C=O) groups excluding carboxylic acids is 9. The number of aliphatic hydroxyl groups excluding tert-OH is 1. The van der Waals surface area contributed by atoms with Crippen LogP contribution in [0.25, 0.3) is 0 Å². The van der Waals surface area contributed by atoms with Crippen molar-refractivity contribution < 1.29 is 48.3 Å². The van der Waals surface area contributed by atoms with Crippen LogP contribution in [0.1, 0.15) is 89.7 Å². The number of aromatic nitrogens is 2. The molecule has 9 atom stereocenters. The number of rotatable bonds is 36. The number of nitrogens with one attached hydrogen (secondary N) is 9. The molecule has 0 aliphatic carbocycles. The van der Waals surface area contributed by atoms with Crippen LogP contribution in [0.5, 0.6) is 0 Å². The summed E-state index contributed by atoms with van der Waals surface area (Å²) in [5, 5.41) is 31.3. The Morgan fingerprint density at radius 2 is 1.42 bits per heavy atom. The maximum Gasteiger partial charge on any atom is 0.245 e. The first-order chi connectivity index (χ1) is 34.8. The summed E-state index contributed by atoms with van der Waals surface area (Å²) in [6, 6.07) is -9.66. The normalized spacial score (nSPS) is 16.5. The summed E-state index contributed by atoms with van der Waals surface area (Å²) in [7, 11) is 1.77. The number of unbranched alkanes of at least 4 members (excludes halogenated alkanes) is 2. The maximum absolute atomic E-state index is 14.2. The van der Waals surface area contributed by atoms with Crippen LogP contribution in [0.15, 0.2) is 17.5 Å². The Bertz CT molecular complexity index is 1960. The summed E-state index contributed by atoms with van der Waals surface area (Å²) >= 11 is 0. The second-order valence-corrected chi connectivity index (χ2v) is 17.8. The molecule has 29 nitrogen and oxygen atoms in total. The van der Waals surface area contributed by atoms with Crippen molar-refractivity contribution >= 4 is 59.1 Å². The van der Waals surface area contributed by atoms with Gasteiger partial charge in [0, 0.05) is 37.9 Å². The Kier molecular flexibility index (Phi) is 29.1. The van der Waals surface area contributed by atoms with Crippen LogP contribution in [0.3, 0.4) is 0 Å². The third-order valence-electron chi connectivity index (χ3n) is 11.9. The number of aromatic amines is 1. The van der Waals surface area contributed by atoms with E-state index in [-0.39, 0.29) is 70.5 Å². The molecule has 0 saturated carbocycles. The summed E-state index contributed by atoms with van der Waals surface area (Å²) < 4.78 is 0. The molecule has 0 radical (unpaired) electrons. The molecule has 2 rings (SSSR count). The number of aliphatic imine (C=N–C) groups is 1. The van der Waals surface area contributed by atoms with Gasteiger partial charge >= 0.3 is 0 Å². The highest BCUT2D eigenvalue weighted by atomic mass is 16.3. The van der Waals surface area contributed by atoms with Gasteiger partial charge in [0.15, 0.2) is 5.96 Å². The number of hydrogen-bond acceptors (Lipinski definition) is 17. The molecule has 1 aliphatic rings. The SMILES string of the molecule is CNCCCC[C@H](NC(=O)[C@H](Cc1cnc[nH]1)NC(=O)[C@@H]1CCCN1C(=O)[C@@H](CCCN)NC(=O)CNC(=O)[C@H](C)NC(=O)[C@@H](NC(=O)C(N)CCCCN)[C@@H](O)CN)C(=O)N[C@H](CCCN=C(N)N)C(N)=O. The van der Waals surface area contributed by atoms with Crippen molar-refractivity contribution in [2.75, 3.05) is 52.9 Å². The van der Waals surface area contributed by atoms with Crippen LogP contribution in [-0.2, 0) is 49.6 Å². The smallest absolute Gasteiger partial charge is 0.245 e. The predicted octanol–water partition coefficient (Wildman–Crippen LogP) is -7.57. The summed E-state index contributed by atoms with van der Waals surface area (Å²) in [5.74, 6) is -6.94. The van der Waals surface area contributed by atoms with Crippen LogP contribution in [0, 0.1) is 0 Å². The minimum atomic E-state index is -1.56. The molecule has 1 fully saturated rings. The molecule has 0 bridgehead atoms. The third kappa shape index (κ3) is 22.8. The second kappa shape index (κ2) is 34.0. The molecule has 1 aromatic heterocycles. The first-order valence-corrected chi connectivity index (χ1v) is 24.7. The fourth-order valence-electron chi connectivity index (χ4n) is 7.74. The van der Waals surface area contributed by atoms with Crippen LogP contribution in [0.2, 0.25) is 0 Å². The van der Waals surface area contributed by atoms with Gasteiger partial charge in [0.05, 0.1) is 25.0 Å².